The molecule has 0 atom stereocenters. The van der Waals surface area contributed by atoms with Crippen molar-refractivity contribution in [2.24, 2.45) is 4.99 Å². The number of sulfonamides is 1. The van der Waals surface area contributed by atoms with E-state index in [4.69, 9.17) is 0 Å². The molecule has 1 fully saturated rings. The molecule has 0 saturated carbocycles. The predicted molar refractivity (Wildman–Crippen MR) is 98.0 cm³/mol. The SMILES string of the molecule is CCNC(=NCC(C)(C)NS(C)(=O)=O)N1CCC(c2ncn[nH]2)CC1. The molecule has 1 aromatic heterocycles. The fourth-order valence-corrected chi connectivity index (χ4v) is 4.08. The molecule has 0 aromatic carbocycles. The maximum absolute atomic E-state index is 11.5. The molecule has 3 N–H and O–H groups in total. The molecule has 10 heteroatoms. The Morgan fingerprint density at radius 3 is 2.64 bits per heavy atom. The number of nitrogens with one attached hydrogen (secondary N) is 3. The van der Waals surface area contributed by atoms with Crippen LogP contribution >= 0.6 is 0 Å². The van der Waals surface area contributed by atoms with Crippen LogP contribution in [0.15, 0.2) is 11.3 Å². The summed E-state index contributed by atoms with van der Waals surface area (Å²) in [6.45, 7) is 8.56. The molecule has 2 heterocycles. The Kier molecular flexibility index (Phi) is 6.39. The highest BCUT2D eigenvalue weighted by Crippen LogP contribution is 2.25. The molecule has 0 spiro atoms. The van der Waals surface area contributed by atoms with Crippen molar-refractivity contribution < 1.29 is 8.42 Å². The molecule has 1 aliphatic rings. The lowest BCUT2D eigenvalue weighted by molar-refractivity contribution is 0.298. The van der Waals surface area contributed by atoms with Gasteiger partial charge in [-0.3, -0.25) is 10.1 Å². The monoisotopic (exact) mass is 371 g/mol. The van der Waals surface area contributed by atoms with Gasteiger partial charge in [-0.15, -0.1) is 0 Å². The molecule has 0 bridgehead atoms. The van der Waals surface area contributed by atoms with Gasteiger partial charge in [0.1, 0.15) is 12.2 Å². The molecule has 25 heavy (non-hydrogen) atoms. The zero-order chi connectivity index (χ0) is 18.5. The minimum absolute atomic E-state index is 0.366. The number of hydrogen-bond donors (Lipinski definition) is 3. The van der Waals surface area contributed by atoms with Crippen molar-refractivity contribution in [2.75, 3.05) is 32.4 Å². The van der Waals surface area contributed by atoms with Crippen LogP contribution in [0.5, 0.6) is 0 Å². The fraction of sp³-hybridized carbons (Fsp3) is 0.800. The van der Waals surface area contributed by atoms with Crippen LogP contribution in [0.25, 0.3) is 0 Å². The topological polar surface area (TPSA) is 115 Å². The third-order valence-electron chi connectivity index (χ3n) is 4.04. The van der Waals surface area contributed by atoms with Crippen LogP contribution in [-0.2, 0) is 10.0 Å². The number of aromatic nitrogens is 3. The summed E-state index contributed by atoms with van der Waals surface area (Å²) in [6.07, 6.45) is 4.66. The maximum atomic E-state index is 11.5. The minimum atomic E-state index is -3.27. The molecule has 0 aliphatic carbocycles. The van der Waals surface area contributed by atoms with Crippen LogP contribution < -0.4 is 10.0 Å². The van der Waals surface area contributed by atoms with E-state index in [1.165, 1.54) is 0 Å². The van der Waals surface area contributed by atoms with Gasteiger partial charge in [0.25, 0.3) is 0 Å². The van der Waals surface area contributed by atoms with E-state index in [1.807, 2.05) is 20.8 Å². The van der Waals surface area contributed by atoms with E-state index in [9.17, 15) is 8.42 Å². The Labute approximate surface area is 149 Å². The lowest BCUT2D eigenvalue weighted by Crippen LogP contribution is -2.48. The second kappa shape index (κ2) is 8.13. The van der Waals surface area contributed by atoms with Crippen molar-refractivity contribution in [2.45, 2.75) is 45.1 Å². The van der Waals surface area contributed by atoms with Gasteiger partial charge in [0.15, 0.2) is 5.96 Å². The maximum Gasteiger partial charge on any atom is 0.209 e. The Morgan fingerprint density at radius 2 is 2.12 bits per heavy atom. The Balaban J connectivity index is 1.98. The van der Waals surface area contributed by atoms with E-state index in [-0.39, 0.29) is 0 Å². The van der Waals surface area contributed by atoms with Crippen molar-refractivity contribution >= 4 is 16.0 Å². The van der Waals surface area contributed by atoms with Crippen molar-refractivity contribution in [3.8, 4) is 0 Å². The second-order valence-corrected chi connectivity index (χ2v) is 8.81. The zero-order valence-electron chi connectivity index (χ0n) is 15.4. The van der Waals surface area contributed by atoms with Gasteiger partial charge in [-0.2, -0.15) is 5.10 Å². The van der Waals surface area contributed by atoms with Gasteiger partial charge in [-0.1, -0.05) is 0 Å². The molecular weight excluding hydrogens is 342 g/mol. The van der Waals surface area contributed by atoms with E-state index >= 15 is 0 Å². The Hall–Kier alpha value is -1.68. The number of likely N-dealkylation sites (tertiary alicyclic amines) is 1. The lowest BCUT2D eigenvalue weighted by atomic mass is 9.96. The highest BCUT2D eigenvalue weighted by molar-refractivity contribution is 7.88. The normalized spacial score (nSPS) is 17.8. The number of aliphatic imine (C=N–C) groups is 1. The number of hydrogen-bond acceptors (Lipinski definition) is 5. The molecule has 1 aromatic rings. The summed E-state index contributed by atoms with van der Waals surface area (Å²) in [4.78, 5) is 11.1. The number of aromatic amines is 1. The molecule has 2 rings (SSSR count). The first-order chi connectivity index (χ1) is 11.7. The number of guanidine groups is 1. The molecule has 0 unspecified atom stereocenters. The molecule has 0 amide bonds. The van der Waals surface area contributed by atoms with Crippen molar-refractivity contribution in [1.82, 2.24) is 30.1 Å². The molecule has 1 aliphatic heterocycles. The summed E-state index contributed by atoms with van der Waals surface area (Å²) in [5.74, 6) is 2.16. The first kappa shape index (κ1) is 19.6. The van der Waals surface area contributed by atoms with Gasteiger partial charge in [0, 0.05) is 31.1 Å². The third kappa shape index (κ3) is 6.28. The van der Waals surface area contributed by atoms with E-state index in [0.717, 1.165) is 50.5 Å². The van der Waals surface area contributed by atoms with Gasteiger partial charge in [0.05, 0.1) is 12.8 Å². The quantitative estimate of drug-likeness (QED) is 0.489. The zero-order valence-corrected chi connectivity index (χ0v) is 16.2. The number of piperidine rings is 1. The smallest absolute Gasteiger partial charge is 0.209 e. The molecule has 9 nitrogen and oxygen atoms in total. The first-order valence-corrected chi connectivity index (χ1v) is 10.5. The van der Waals surface area contributed by atoms with Gasteiger partial charge in [-0.25, -0.2) is 18.1 Å². The third-order valence-corrected chi connectivity index (χ3v) is 4.96. The van der Waals surface area contributed by atoms with E-state index in [1.54, 1.807) is 6.33 Å². The van der Waals surface area contributed by atoms with Crippen LogP contribution in [0.1, 0.15) is 45.4 Å². The van der Waals surface area contributed by atoms with Gasteiger partial charge in [0.2, 0.25) is 10.0 Å². The average Bonchev–Trinajstić information content (AvgIpc) is 3.04. The van der Waals surface area contributed by atoms with Crippen molar-refractivity contribution in [1.29, 1.82) is 0 Å². The van der Waals surface area contributed by atoms with Crippen molar-refractivity contribution in [3.05, 3.63) is 12.2 Å². The summed E-state index contributed by atoms with van der Waals surface area (Å²) < 4.78 is 25.6. The Morgan fingerprint density at radius 1 is 1.44 bits per heavy atom. The largest absolute Gasteiger partial charge is 0.357 e. The van der Waals surface area contributed by atoms with Crippen LogP contribution in [0.2, 0.25) is 0 Å². The molecular formula is C15H29N7O2S. The van der Waals surface area contributed by atoms with E-state index in [0.29, 0.717) is 12.5 Å². The summed E-state index contributed by atoms with van der Waals surface area (Å²) in [7, 11) is -3.27. The molecule has 142 valence electrons. The highest BCUT2D eigenvalue weighted by Gasteiger charge is 2.26. The van der Waals surface area contributed by atoms with Crippen LogP contribution in [0.3, 0.4) is 0 Å². The summed E-state index contributed by atoms with van der Waals surface area (Å²) >= 11 is 0. The number of rotatable bonds is 6. The highest BCUT2D eigenvalue weighted by atomic mass is 32.2. The summed E-state index contributed by atoms with van der Waals surface area (Å²) in [5.41, 5.74) is -0.633. The van der Waals surface area contributed by atoms with E-state index < -0.39 is 15.6 Å². The predicted octanol–water partition coefficient (Wildman–Crippen LogP) is 0.277. The minimum Gasteiger partial charge on any atom is -0.357 e. The summed E-state index contributed by atoms with van der Waals surface area (Å²) in [5, 5.41) is 10.2. The van der Waals surface area contributed by atoms with Gasteiger partial charge >= 0.3 is 0 Å². The number of nitrogens with zero attached hydrogens (tertiary/aromatic N) is 4. The molecule has 0 radical (unpaired) electrons. The standard InChI is InChI=1S/C15H29N7O2S/c1-5-16-14(17-10-15(2,3)21-25(4,23)24)22-8-6-12(7-9-22)13-18-11-19-20-13/h11-12,21H,5-10H2,1-4H3,(H,16,17)(H,18,19,20). The average molecular weight is 372 g/mol. The first-order valence-electron chi connectivity index (χ1n) is 8.57. The summed E-state index contributed by atoms with van der Waals surface area (Å²) in [6, 6.07) is 0. The van der Waals surface area contributed by atoms with Crippen molar-refractivity contribution in [3.63, 3.8) is 0 Å². The lowest BCUT2D eigenvalue weighted by Gasteiger charge is -2.34. The Bertz CT molecular complexity index is 662. The fourth-order valence-electron chi connectivity index (χ4n) is 3.01. The van der Waals surface area contributed by atoms with E-state index in [2.05, 4.69) is 35.1 Å². The van der Waals surface area contributed by atoms with Crippen LogP contribution in [0.4, 0.5) is 0 Å². The number of H-pyrrole nitrogens is 1. The van der Waals surface area contributed by atoms with Gasteiger partial charge < -0.3 is 10.2 Å². The van der Waals surface area contributed by atoms with Gasteiger partial charge in [-0.05, 0) is 33.6 Å². The van der Waals surface area contributed by atoms with Crippen LogP contribution in [0, 0.1) is 0 Å². The van der Waals surface area contributed by atoms with Crippen LogP contribution in [-0.4, -0.2) is 72.4 Å². The second-order valence-electron chi connectivity index (χ2n) is 7.06. The molecule has 1 saturated heterocycles.